The lowest BCUT2D eigenvalue weighted by Crippen LogP contribution is -2.21. The van der Waals surface area contributed by atoms with Crippen molar-refractivity contribution in [3.05, 3.63) is 53.6 Å². The van der Waals surface area contributed by atoms with Gasteiger partial charge in [0.15, 0.2) is 0 Å². The molecule has 6 heteroatoms. The Morgan fingerprint density at radius 1 is 1.17 bits per heavy atom. The zero-order valence-corrected chi connectivity index (χ0v) is 18.6. The Labute approximate surface area is 175 Å². The topological polar surface area (TPSA) is 58.6 Å². The number of ether oxygens (including phenoxy) is 1. The molecule has 1 saturated heterocycles. The van der Waals surface area contributed by atoms with Gasteiger partial charge < -0.3 is 9.64 Å². The van der Waals surface area contributed by atoms with Gasteiger partial charge in [-0.2, -0.15) is 0 Å². The first-order valence-corrected chi connectivity index (χ1v) is 11.9. The molecule has 5 nitrogen and oxygen atoms in total. The molecular formula is C23H32N2O3S. The van der Waals surface area contributed by atoms with Crippen LogP contribution in [-0.2, 0) is 10.0 Å². The lowest BCUT2D eigenvalue weighted by Gasteiger charge is -2.17. The summed E-state index contributed by atoms with van der Waals surface area (Å²) in [6.07, 6.45) is 2.28. The minimum atomic E-state index is -3.67. The van der Waals surface area contributed by atoms with Gasteiger partial charge in [-0.1, -0.05) is 39.0 Å². The highest BCUT2D eigenvalue weighted by molar-refractivity contribution is 7.92. The summed E-state index contributed by atoms with van der Waals surface area (Å²) in [5.41, 5.74) is 2.77. The monoisotopic (exact) mass is 416 g/mol. The zero-order valence-electron chi connectivity index (χ0n) is 17.8. The molecule has 0 radical (unpaired) electrons. The van der Waals surface area contributed by atoms with E-state index in [2.05, 4.69) is 30.4 Å². The fourth-order valence-electron chi connectivity index (χ4n) is 3.91. The summed E-state index contributed by atoms with van der Waals surface area (Å²) in [6.45, 7) is 9.65. The third-order valence-electron chi connectivity index (χ3n) is 5.61. The van der Waals surface area contributed by atoms with E-state index >= 15 is 0 Å². The van der Waals surface area contributed by atoms with Crippen LogP contribution < -0.4 is 9.46 Å². The van der Waals surface area contributed by atoms with E-state index in [0.29, 0.717) is 23.3 Å². The molecule has 0 spiro atoms. The van der Waals surface area contributed by atoms with E-state index in [4.69, 9.17) is 4.74 Å². The van der Waals surface area contributed by atoms with Gasteiger partial charge >= 0.3 is 0 Å². The Morgan fingerprint density at radius 3 is 2.52 bits per heavy atom. The van der Waals surface area contributed by atoms with Gasteiger partial charge in [-0.05, 0) is 73.2 Å². The normalized spacial score (nSPS) is 17.6. The summed E-state index contributed by atoms with van der Waals surface area (Å²) in [5.74, 6) is 1.37. The Kier molecular flexibility index (Phi) is 6.85. The van der Waals surface area contributed by atoms with Gasteiger partial charge in [0.25, 0.3) is 10.0 Å². The number of anilines is 1. The summed E-state index contributed by atoms with van der Waals surface area (Å²) in [6, 6.07) is 12.8. The van der Waals surface area contributed by atoms with Gasteiger partial charge in [0, 0.05) is 6.54 Å². The third-order valence-corrected chi connectivity index (χ3v) is 6.99. The van der Waals surface area contributed by atoms with Crippen molar-refractivity contribution in [2.75, 3.05) is 31.5 Å². The van der Waals surface area contributed by atoms with Crippen LogP contribution in [0.5, 0.6) is 5.75 Å². The number of benzene rings is 2. The molecule has 2 aromatic rings. The molecule has 0 aliphatic carbocycles. The third kappa shape index (κ3) is 5.11. The van der Waals surface area contributed by atoms with Crippen LogP contribution in [0.1, 0.15) is 56.6 Å². The van der Waals surface area contributed by atoms with Crippen molar-refractivity contribution in [2.24, 2.45) is 0 Å². The molecule has 1 N–H and O–H groups in total. The molecule has 158 valence electrons. The number of likely N-dealkylation sites (tertiary alicyclic amines) is 1. The van der Waals surface area contributed by atoms with Crippen molar-refractivity contribution >= 4 is 15.7 Å². The van der Waals surface area contributed by atoms with Gasteiger partial charge in [-0.25, -0.2) is 8.42 Å². The molecule has 1 aliphatic heterocycles. The highest BCUT2D eigenvalue weighted by Crippen LogP contribution is 2.34. The van der Waals surface area contributed by atoms with Crippen LogP contribution in [0.15, 0.2) is 47.4 Å². The van der Waals surface area contributed by atoms with Crippen LogP contribution in [-0.4, -0.2) is 40.1 Å². The van der Waals surface area contributed by atoms with Crippen LogP contribution in [0, 0.1) is 0 Å². The van der Waals surface area contributed by atoms with Crippen LogP contribution >= 0.6 is 0 Å². The second kappa shape index (κ2) is 9.18. The number of nitrogens with zero attached hydrogens (tertiary/aromatic N) is 1. The standard InChI is InChI=1S/C23H32N2O3S/c1-5-13-25-14-12-20(16-25)19-8-11-22(23(15-19)28-4)24-29(26,27)21-9-6-18(7-10-21)17(2)3/h6-11,15,17,20,24H,5,12-14,16H2,1-4H3. The van der Waals surface area contributed by atoms with E-state index in [1.54, 1.807) is 19.2 Å². The first-order valence-electron chi connectivity index (χ1n) is 10.4. The summed E-state index contributed by atoms with van der Waals surface area (Å²) < 4.78 is 33.9. The maximum Gasteiger partial charge on any atom is 0.262 e. The van der Waals surface area contributed by atoms with Crippen molar-refractivity contribution < 1.29 is 13.2 Å². The van der Waals surface area contributed by atoms with E-state index in [-0.39, 0.29) is 4.90 Å². The lowest BCUT2D eigenvalue weighted by molar-refractivity contribution is 0.335. The Morgan fingerprint density at radius 2 is 1.90 bits per heavy atom. The number of hydrogen-bond acceptors (Lipinski definition) is 4. The number of sulfonamides is 1. The summed E-state index contributed by atoms with van der Waals surface area (Å²) in [5, 5.41) is 0. The van der Waals surface area contributed by atoms with Crippen molar-refractivity contribution in [1.82, 2.24) is 4.90 Å². The molecule has 1 heterocycles. The molecule has 1 fully saturated rings. The predicted molar refractivity (Wildman–Crippen MR) is 118 cm³/mol. The zero-order chi connectivity index (χ0) is 21.0. The van der Waals surface area contributed by atoms with Gasteiger partial charge in [0.2, 0.25) is 0 Å². The average Bonchev–Trinajstić information content (AvgIpc) is 3.17. The Bertz CT molecular complexity index is 924. The molecule has 1 atom stereocenters. The molecule has 29 heavy (non-hydrogen) atoms. The molecular weight excluding hydrogens is 384 g/mol. The first-order chi connectivity index (χ1) is 13.8. The molecule has 0 bridgehead atoms. The SMILES string of the molecule is CCCN1CCC(c2ccc(NS(=O)(=O)c3ccc(C(C)C)cc3)c(OC)c2)C1. The predicted octanol–water partition coefficient (Wildman–Crippen LogP) is 4.82. The van der Waals surface area contributed by atoms with E-state index in [0.717, 1.165) is 38.0 Å². The quantitative estimate of drug-likeness (QED) is 0.670. The number of hydrogen-bond donors (Lipinski definition) is 1. The van der Waals surface area contributed by atoms with Gasteiger partial charge in [0.1, 0.15) is 5.75 Å². The van der Waals surface area contributed by atoms with Gasteiger partial charge in [-0.15, -0.1) is 0 Å². The average molecular weight is 417 g/mol. The van der Waals surface area contributed by atoms with Crippen LogP contribution in [0.2, 0.25) is 0 Å². The molecule has 0 aromatic heterocycles. The largest absolute Gasteiger partial charge is 0.495 e. The van der Waals surface area contributed by atoms with Gasteiger partial charge in [-0.3, -0.25) is 4.72 Å². The van der Waals surface area contributed by atoms with E-state index < -0.39 is 10.0 Å². The minimum absolute atomic E-state index is 0.249. The Hall–Kier alpha value is -2.05. The van der Waals surface area contributed by atoms with Crippen molar-refractivity contribution in [3.63, 3.8) is 0 Å². The summed E-state index contributed by atoms with van der Waals surface area (Å²) in [4.78, 5) is 2.73. The number of rotatable bonds is 8. The fraction of sp³-hybridized carbons (Fsp3) is 0.478. The van der Waals surface area contributed by atoms with Crippen LogP contribution in [0.3, 0.4) is 0 Å². The molecule has 1 unspecified atom stereocenters. The maximum atomic E-state index is 12.8. The smallest absolute Gasteiger partial charge is 0.262 e. The molecule has 2 aromatic carbocycles. The molecule has 0 saturated carbocycles. The van der Waals surface area contributed by atoms with Crippen molar-refractivity contribution in [2.45, 2.75) is 50.3 Å². The second-order valence-electron chi connectivity index (χ2n) is 8.08. The number of methoxy groups -OCH3 is 1. The summed E-state index contributed by atoms with van der Waals surface area (Å²) in [7, 11) is -2.10. The minimum Gasteiger partial charge on any atom is -0.495 e. The van der Waals surface area contributed by atoms with E-state index in [1.807, 2.05) is 30.3 Å². The van der Waals surface area contributed by atoms with E-state index in [1.165, 1.54) is 5.56 Å². The lowest BCUT2D eigenvalue weighted by atomic mass is 9.98. The Balaban J connectivity index is 1.78. The second-order valence-corrected chi connectivity index (χ2v) is 9.76. The van der Waals surface area contributed by atoms with Crippen LogP contribution in [0.4, 0.5) is 5.69 Å². The molecule has 3 rings (SSSR count). The first kappa shape index (κ1) is 21.7. The van der Waals surface area contributed by atoms with Crippen molar-refractivity contribution in [3.8, 4) is 5.75 Å². The molecule has 1 aliphatic rings. The van der Waals surface area contributed by atoms with E-state index in [9.17, 15) is 8.42 Å². The molecule has 0 amide bonds. The highest BCUT2D eigenvalue weighted by Gasteiger charge is 2.24. The number of nitrogens with one attached hydrogen (secondary N) is 1. The maximum absolute atomic E-state index is 12.8. The highest BCUT2D eigenvalue weighted by atomic mass is 32.2. The van der Waals surface area contributed by atoms with Crippen molar-refractivity contribution in [1.29, 1.82) is 0 Å². The summed E-state index contributed by atoms with van der Waals surface area (Å²) >= 11 is 0. The van der Waals surface area contributed by atoms with Crippen LogP contribution in [0.25, 0.3) is 0 Å². The van der Waals surface area contributed by atoms with Gasteiger partial charge in [0.05, 0.1) is 17.7 Å². The fourth-order valence-corrected chi connectivity index (χ4v) is 4.98.